The average Bonchev–Trinajstić information content (AvgIpc) is 2.42. The van der Waals surface area contributed by atoms with E-state index >= 15 is 0 Å². The lowest BCUT2D eigenvalue weighted by Gasteiger charge is -2.11. The molecule has 2 aromatic rings. The molecule has 0 spiro atoms. The summed E-state index contributed by atoms with van der Waals surface area (Å²) in [5.41, 5.74) is 4.89. The highest BCUT2D eigenvalue weighted by Crippen LogP contribution is 2.30. The SMILES string of the molecule is CCCNCc1ccc(C)c(-c2ccccc2Cl)c1. The zero-order valence-corrected chi connectivity index (χ0v) is 12.3. The van der Waals surface area contributed by atoms with E-state index in [-0.39, 0.29) is 0 Å². The maximum Gasteiger partial charge on any atom is 0.0484 e. The van der Waals surface area contributed by atoms with Crippen molar-refractivity contribution in [2.24, 2.45) is 0 Å². The standard InChI is InChI=1S/C17H20ClN/c1-3-10-19-12-14-9-8-13(2)16(11-14)15-6-4-5-7-17(15)18/h4-9,11,19H,3,10,12H2,1-2H3. The predicted octanol–water partition coefficient (Wildman–Crippen LogP) is 4.82. The fraction of sp³-hybridized carbons (Fsp3) is 0.294. The Morgan fingerprint density at radius 2 is 1.84 bits per heavy atom. The van der Waals surface area contributed by atoms with Gasteiger partial charge in [0.05, 0.1) is 0 Å². The van der Waals surface area contributed by atoms with E-state index < -0.39 is 0 Å². The molecule has 0 amide bonds. The number of benzene rings is 2. The molecule has 1 nitrogen and oxygen atoms in total. The lowest BCUT2D eigenvalue weighted by molar-refractivity contribution is 0.675. The van der Waals surface area contributed by atoms with Crippen LogP contribution in [0.5, 0.6) is 0 Å². The second-order valence-electron chi connectivity index (χ2n) is 4.81. The normalized spacial score (nSPS) is 10.7. The Morgan fingerprint density at radius 3 is 2.58 bits per heavy atom. The first kappa shape index (κ1) is 14.1. The van der Waals surface area contributed by atoms with Crippen molar-refractivity contribution in [3.05, 3.63) is 58.6 Å². The average molecular weight is 274 g/mol. The Bertz CT molecular complexity index is 549. The summed E-state index contributed by atoms with van der Waals surface area (Å²) in [6.07, 6.45) is 1.16. The van der Waals surface area contributed by atoms with Gasteiger partial charge in [-0.15, -0.1) is 0 Å². The first-order valence-electron chi connectivity index (χ1n) is 6.77. The molecule has 1 N–H and O–H groups in total. The molecule has 0 unspecified atom stereocenters. The Morgan fingerprint density at radius 1 is 1.05 bits per heavy atom. The van der Waals surface area contributed by atoms with Crippen molar-refractivity contribution in [2.45, 2.75) is 26.8 Å². The van der Waals surface area contributed by atoms with Crippen molar-refractivity contribution in [1.82, 2.24) is 5.32 Å². The zero-order chi connectivity index (χ0) is 13.7. The molecule has 0 saturated carbocycles. The van der Waals surface area contributed by atoms with Gasteiger partial charge < -0.3 is 5.32 Å². The largest absolute Gasteiger partial charge is 0.313 e. The summed E-state index contributed by atoms with van der Waals surface area (Å²) in [4.78, 5) is 0. The minimum absolute atomic E-state index is 0.810. The van der Waals surface area contributed by atoms with Gasteiger partial charge in [0.25, 0.3) is 0 Å². The van der Waals surface area contributed by atoms with E-state index in [0.29, 0.717) is 0 Å². The van der Waals surface area contributed by atoms with Crippen LogP contribution in [0, 0.1) is 6.92 Å². The summed E-state index contributed by atoms with van der Waals surface area (Å²) in [6, 6.07) is 14.6. The minimum atomic E-state index is 0.810. The predicted molar refractivity (Wildman–Crippen MR) is 83.6 cm³/mol. The Hall–Kier alpha value is -1.31. The van der Waals surface area contributed by atoms with Crippen LogP contribution in [0.2, 0.25) is 5.02 Å². The summed E-state index contributed by atoms with van der Waals surface area (Å²) in [5.74, 6) is 0. The first-order valence-corrected chi connectivity index (χ1v) is 7.15. The van der Waals surface area contributed by atoms with Gasteiger partial charge in [-0.25, -0.2) is 0 Å². The van der Waals surface area contributed by atoms with Gasteiger partial charge >= 0.3 is 0 Å². The molecule has 0 saturated heterocycles. The van der Waals surface area contributed by atoms with Crippen molar-refractivity contribution in [3.63, 3.8) is 0 Å². The maximum absolute atomic E-state index is 6.29. The van der Waals surface area contributed by atoms with Crippen LogP contribution < -0.4 is 5.32 Å². The van der Waals surface area contributed by atoms with E-state index in [9.17, 15) is 0 Å². The summed E-state index contributed by atoms with van der Waals surface area (Å²) < 4.78 is 0. The molecule has 0 aliphatic carbocycles. The van der Waals surface area contributed by atoms with Crippen molar-refractivity contribution in [3.8, 4) is 11.1 Å². The monoisotopic (exact) mass is 273 g/mol. The van der Waals surface area contributed by atoms with E-state index in [1.165, 1.54) is 16.7 Å². The van der Waals surface area contributed by atoms with Crippen LogP contribution in [-0.4, -0.2) is 6.54 Å². The molecule has 19 heavy (non-hydrogen) atoms. The molecule has 0 aliphatic heterocycles. The molecule has 100 valence electrons. The van der Waals surface area contributed by atoms with Crippen molar-refractivity contribution in [1.29, 1.82) is 0 Å². The van der Waals surface area contributed by atoms with Crippen LogP contribution in [-0.2, 0) is 6.54 Å². The quantitative estimate of drug-likeness (QED) is 0.771. The Balaban J connectivity index is 2.30. The van der Waals surface area contributed by atoms with Gasteiger partial charge in [0.2, 0.25) is 0 Å². The third kappa shape index (κ3) is 3.59. The molecule has 2 aromatic carbocycles. The highest BCUT2D eigenvalue weighted by Gasteiger charge is 2.06. The minimum Gasteiger partial charge on any atom is -0.313 e. The molecular formula is C17H20ClN. The topological polar surface area (TPSA) is 12.0 Å². The highest BCUT2D eigenvalue weighted by atomic mass is 35.5. The van der Waals surface area contributed by atoms with Crippen LogP contribution >= 0.6 is 11.6 Å². The van der Waals surface area contributed by atoms with Gasteiger partial charge in [-0.2, -0.15) is 0 Å². The number of hydrogen-bond donors (Lipinski definition) is 1. The van der Waals surface area contributed by atoms with E-state index in [1.54, 1.807) is 0 Å². The van der Waals surface area contributed by atoms with Crippen molar-refractivity contribution in [2.75, 3.05) is 6.54 Å². The number of halogens is 1. The fourth-order valence-electron chi connectivity index (χ4n) is 2.16. The van der Waals surface area contributed by atoms with Crippen molar-refractivity contribution >= 4 is 11.6 Å². The zero-order valence-electron chi connectivity index (χ0n) is 11.5. The molecule has 0 fully saturated rings. The third-order valence-corrected chi connectivity index (χ3v) is 3.55. The first-order chi connectivity index (χ1) is 9.22. The van der Waals surface area contributed by atoms with Crippen LogP contribution in [0.15, 0.2) is 42.5 Å². The molecule has 2 rings (SSSR count). The number of nitrogens with one attached hydrogen (secondary N) is 1. The number of hydrogen-bond acceptors (Lipinski definition) is 1. The molecule has 0 bridgehead atoms. The Kier molecular flexibility index (Phi) is 5.00. The number of rotatable bonds is 5. The van der Waals surface area contributed by atoms with Crippen LogP contribution in [0.3, 0.4) is 0 Å². The highest BCUT2D eigenvalue weighted by molar-refractivity contribution is 6.33. The van der Waals surface area contributed by atoms with Gasteiger partial charge in [-0.05, 0) is 48.7 Å². The molecule has 0 radical (unpaired) electrons. The van der Waals surface area contributed by atoms with Gasteiger partial charge in [-0.3, -0.25) is 0 Å². The molecular weight excluding hydrogens is 254 g/mol. The second-order valence-corrected chi connectivity index (χ2v) is 5.21. The van der Waals surface area contributed by atoms with Crippen molar-refractivity contribution < 1.29 is 0 Å². The number of aryl methyl sites for hydroxylation is 1. The van der Waals surface area contributed by atoms with E-state index in [4.69, 9.17) is 11.6 Å². The van der Waals surface area contributed by atoms with E-state index in [2.05, 4.69) is 43.4 Å². The van der Waals surface area contributed by atoms with Gasteiger partial charge in [0.1, 0.15) is 0 Å². The lowest BCUT2D eigenvalue weighted by Crippen LogP contribution is -2.13. The molecule has 0 aromatic heterocycles. The summed E-state index contributed by atoms with van der Waals surface area (Å²) in [6.45, 7) is 6.26. The Labute approximate surface area is 120 Å². The summed E-state index contributed by atoms with van der Waals surface area (Å²) >= 11 is 6.29. The van der Waals surface area contributed by atoms with E-state index in [1.807, 2.05) is 18.2 Å². The van der Waals surface area contributed by atoms with Crippen LogP contribution in [0.1, 0.15) is 24.5 Å². The van der Waals surface area contributed by atoms with E-state index in [0.717, 1.165) is 30.1 Å². The van der Waals surface area contributed by atoms with Crippen LogP contribution in [0.4, 0.5) is 0 Å². The van der Waals surface area contributed by atoms with Gasteiger partial charge in [-0.1, -0.05) is 48.9 Å². The molecule has 0 heterocycles. The van der Waals surface area contributed by atoms with Gasteiger partial charge in [0.15, 0.2) is 0 Å². The molecule has 0 aliphatic rings. The maximum atomic E-state index is 6.29. The molecule has 2 heteroatoms. The molecule has 0 atom stereocenters. The summed E-state index contributed by atoms with van der Waals surface area (Å²) in [5, 5.41) is 4.24. The third-order valence-electron chi connectivity index (χ3n) is 3.22. The van der Waals surface area contributed by atoms with Gasteiger partial charge in [0, 0.05) is 17.1 Å². The van der Waals surface area contributed by atoms with Crippen LogP contribution in [0.25, 0.3) is 11.1 Å². The smallest absolute Gasteiger partial charge is 0.0484 e. The second kappa shape index (κ2) is 6.74. The summed E-state index contributed by atoms with van der Waals surface area (Å²) in [7, 11) is 0. The fourth-order valence-corrected chi connectivity index (χ4v) is 2.40. The lowest BCUT2D eigenvalue weighted by atomic mass is 9.98.